The van der Waals surface area contributed by atoms with Gasteiger partial charge in [0.1, 0.15) is 0 Å². The molecule has 20 heavy (non-hydrogen) atoms. The van der Waals surface area contributed by atoms with Gasteiger partial charge in [-0.1, -0.05) is 18.2 Å². The summed E-state index contributed by atoms with van der Waals surface area (Å²) < 4.78 is 4.89. The number of nitrogens with zero attached hydrogens (tertiary/aromatic N) is 1. The number of esters is 1. The first-order valence-corrected chi connectivity index (χ1v) is 6.58. The van der Waals surface area contributed by atoms with Crippen molar-refractivity contribution in [1.29, 1.82) is 0 Å². The normalized spacial score (nSPS) is 11.4. The largest absolute Gasteiger partial charge is 0.463 e. The van der Waals surface area contributed by atoms with Crippen LogP contribution in [0.15, 0.2) is 42.1 Å². The van der Waals surface area contributed by atoms with Gasteiger partial charge < -0.3 is 10.1 Å². The maximum Gasteiger partial charge on any atom is 0.332 e. The highest BCUT2D eigenvalue weighted by Gasteiger charge is 2.04. The first-order chi connectivity index (χ1) is 9.60. The van der Waals surface area contributed by atoms with Crippen LogP contribution in [-0.2, 0) is 9.53 Å². The molecule has 0 aliphatic carbocycles. The molecule has 0 atom stereocenters. The van der Waals surface area contributed by atoms with Crippen LogP contribution >= 0.6 is 0 Å². The fraction of sp³-hybridized carbons (Fsp3) is 0.250. The van der Waals surface area contributed by atoms with Gasteiger partial charge in [-0.15, -0.1) is 0 Å². The minimum absolute atomic E-state index is 0.345. The van der Waals surface area contributed by atoms with E-state index in [1.165, 1.54) is 6.08 Å². The Balaban J connectivity index is 2.29. The number of rotatable bonds is 4. The number of anilines is 1. The van der Waals surface area contributed by atoms with Crippen molar-refractivity contribution in [1.82, 2.24) is 4.98 Å². The lowest BCUT2D eigenvalue weighted by molar-refractivity contribution is -0.137. The molecule has 0 amide bonds. The molecule has 0 bridgehead atoms. The predicted molar refractivity (Wildman–Crippen MR) is 80.5 cm³/mol. The summed E-state index contributed by atoms with van der Waals surface area (Å²) in [5.74, 6) is -0.345. The maximum absolute atomic E-state index is 11.4. The van der Waals surface area contributed by atoms with Crippen molar-refractivity contribution >= 4 is 22.6 Å². The maximum atomic E-state index is 11.4. The lowest BCUT2D eigenvalue weighted by atomic mass is 10.1. The van der Waals surface area contributed by atoms with Crippen LogP contribution in [0.25, 0.3) is 10.9 Å². The molecular formula is C16H18N2O2. The monoisotopic (exact) mass is 270 g/mol. The summed E-state index contributed by atoms with van der Waals surface area (Å²) in [6.07, 6.45) is 1.44. The van der Waals surface area contributed by atoms with Crippen molar-refractivity contribution in [3.63, 3.8) is 0 Å². The molecule has 4 nitrogen and oxygen atoms in total. The lowest BCUT2D eigenvalue weighted by Crippen LogP contribution is -2.04. The SMILES string of the molecule is CCOC(=O)/C=C(/C)Nc1cccc2ccc(C)nc12. The zero-order valence-corrected chi connectivity index (χ0v) is 11.9. The summed E-state index contributed by atoms with van der Waals surface area (Å²) in [7, 11) is 0. The highest BCUT2D eigenvalue weighted by atomic mass is 16.5. The smallest absolute Gasteiger partial charge is 0.332 e. The lowest BCUT2D eigenvalue weighted by Gasteiger charge is -2.10. The Morgan fingerprint density at radius 3 is 2.90 bits per heavy atom. The van der Waals surface area contributed by atoms with Crippen molar-refractivity contribution in [3.05, 3.63) is 47.8 Å². The van der Waals surface area contributed by atoms with Gasteiger partial charge in [0.15, 0.2) is 0 Å². The zero-order chi connectivity index (χ0) is 14.5. The first kappa shape index (κ1) is 14.1. The van der Waals surface area contributed by atoms with Crippen LogP contribution in [0.2, 0.25) is 0 Å². The molecule has 1 aromatic carbocycles. The number of aryl methyl sites for hydroxylation is 1. The van der Waals surface area contributed by atoms with Gasteiger partial charge in [-0.3, -0.25) is 4.98 Å². The fourth-order valence-corrected chi connectivity index (χ4v) is 1.95. The number of carbonyl (C=O) groups is 1. The molecule has 0 aliphatic heterocycles. The Morgan fingerprint density at radius 2 is 2.15 bits per heavy atom. The van der Waals surface area contributed by atoms with Crippen molar-refractivity contribution in [3.8, 4) is 0 Å². The van der Waals surface area contributed by atoms with Crippen LogP contribution in [-0.4, -0.2) is 17.6 Å². The van der Waals surface area contributed by atoms with E-state index in [4.69, 9.17) is 4.74 Å². The number of nitrogens with one attached hydrogen (secondary N) is 1. The zero-order valence-electron chi connectivity index (χ0n) is 11.9. The van der Waals surface area contributed by atoms with Crippen molar-refractivity contribution in [2.45, 2.75) is 20.8 Å². The summed E-state index contributed by atoms with van der Waals surface area (Å²) >= 11 is 0. The van der Waals surface area contributed by atoms with Crippen LogP contribution in [0.5, 0.6) is 0 Å². The number of hydrogen-bond acceptors (Lipinski definition) is 4. The Kier molecular flexibility index (Phi) is 4.35. The summed E-state index contributed by atoms with van der Waals surface area (Å²) in [5, 5.41) is 4.26. The highest BCUT2D eigenvalue weighted by Crippen LogP contribution is 2.22. The van der Waals surface area contributed by atoms with Crippen molar-refractivity contribution in [2.75, 3.05) is 11.9 Å². The van der Waals surface area contributed by atoms with E-state index >= 15 is 0 Å². The number of hydrogen-bond donors (Lipinski definition) is 1. The van der Waals surface area contributed by atoms with E-state index in [9.17, 15) is 4.79 Å². The summed E-state index contributed by atoms with van der Waals surface area (Å²) in [4.78, 5) is 15.9. The molecule has 1 N–H and O–H groups in total. The number of aromatic nitrogens is 1. The highest BCUT2D eigenvalue weighted by molar-refractivity contribution is 5.91. The van der Waals surface area contributed by atoms with Crippen LogP contribution in [0, 0.1) is 6.92 Å². The second-order valence-electron chi connectivity index (χ2n) is 4.53. The van der Waals surface area contributed by atoms with Gasteiger partial charge in [0.2, 0.25) is 0 Å². The third-order valence-electron chi connectivity index (χ3n) is 2.81. The minimum atomic E-state index is -0.345. The molecule has 0 saturated carbocycles. The van der Waals surface area contributed by atoms with Gasteiger partial charge in [-0.05, 0) is 32.9 Å². The van der Waals surface area contributed by atoms with E-state index in [0.717, 1.165) is 28.0 Å². The predicted octanol–water partition coefficient (Wildman–Crippen LogP) is 3.42. The van der Waals surface area contributed by atoms with Gasteiger partial charge >= 0.3 is 5.97 Å². The second-order valence-corrected chi connectivity index (χ2v) is 4.53. The second kappa shape index (κ2) is 6.19. The molecule has 0 saturated heterocycles. The molecule has 0 unspecified atom stereocenters. The number of para-hydroxylation sites is 1. The van der Waals surface area contributed by atoms with Crippen LogP contribution in [0.3, 0.4) is 0 Å². The summed E-state index contributed by atoms with van der Waals surface area (Å²) in [5.41, 5.74) is 3.45. The van der Waals surface area contributed by atoms with E-state index in [-0.39, 0.29) is 5.97 Å². The molecule has 4 heteroatoms. The van der Waals surface area contributed by atoms with Gasteiger partial charge in [-0.25, -0.2) is 4.79 Å². The van der Waals surface area contributed by atoms with Gasteiger partial charge in [0, 0.05) is 22.9 Å². The number of benzene rings is 1. The average Bonchev–Trinajstić information content (AvgIpc) is 2.39. The Hall–Kier alpha value is -2.36. The third-order valence-corrected chi connectivity index (χ3v) is 2.81. The van der Waals surface area contributed by atoms with E-state index in [1.54, 1.807) is 6.92 Å². The Bertz CT molecular complexity index is 663. The molecule has 1 heterocycles. The summed E-state index contributed by atoms with van der Waals surface area (Å²) in [6, 6.07) is 9.93. The van der Waals surface area contributed by atoms with Gasteiger partial charge in [-0.2, -0.15) is 0 Å². The molecule has 0 fully saturated rings. The molecular weight excluding hydrogens is 252 g/mol. The topological polar surface area (TPSA) is 51.2 Å². The third kappa shape index (κ3) is 3.35. The van der Waals surface area contributed by atoms with E-state index in [1.807, 2.05) is 44.2 Å². The quantitative estimate of drug-likeness (QED) is 0.683. The Labute approximate surface area is 118 Å². The molecule has 2 aromatic rings. The molecule has 0 aliphatic rings. The average molecular weight is 270 g/mol. The number of carbonyl (C=O) groups excluding carboxylic acids is 1. The van der Waals surface area contributed by atoms with Crippen molar-refractivity contribution in [2.24, 2.45) is 0 Å². The number of ether oxygens (including phenoxy) is 1. The number of fused-ring (bicyclic) bond motifs is 1. The van der Waals surface area contributed by atoms with E-state index in [0.29, 0.717) is 6.61 Å². The van der Waals surface area contributed by atoms with Gasteiger partial charge in [0.05, 0.1) is 17.8 Å². The number of allylic oxidation sites excluding steroid dienone is 1. The van der Waals surface area contributed by atoms with Crippen LogP contribution in [0.4, 0.5) is 5.69 Å². The standard InChI is InChI=1S/C16H18N2O2/c1-4-20-15(19)10-12(3)17-14-7-5-6-13-9-8-11(2)18-16(13)14/h5-10,17H,4H2,1-3H3/b12-10-. The van der Waals surface area contributed by atoms with Crippen molar-refractivity contribution < 1.29 is 9.53 Å². The molecule has 1 aromatic heterocycles. The number of pyridine rings is 1. The molecule has 2 rings (SSSR count). The molecule has 104 valence electrons. The van der Waals surface area contributed by atoms with E-state index < -0.39 is 0 Å². The van der Waals surface area contributed by atoms with Crippen LogP contribution < -0.4 is 5.32 Å². The fourth-order valence-electron chi connectivity index (χ4n) is 1.95. The molecule has 0 radical (unpaired) electrons. The van der Waals surface area contributed by atoms with Gasteiger partial charge in [0.25, 0.3) is 0 Å². The summed E-state index contributed by atoms with van der Waals surface area (Å²) in [6.45, 7) is 5.94. The van der Waals surface area contributed by atoms with Crippen LogP contribution in [0.1, 0.15) is 19.5 Å². The Morgan fingerprint density at radius 1 is 1.35 bits per heavy atom. The first-order valence-electron chi connectivity index (χ1n) is 6.58. The van der Waals surface area contributed by atoms with E-state index in [2.05, 4.69) is 10.3 Å². The molecule has 0 spiro atoms. The minimum Gasteiger partial charge on any atom is -0.463 e.